The normalized spacial score (nSPS) is 17.0. The van der Waals surface area contributed by atoms with E-state index in [1.807, 2.05) is 0 Å². The fourth-order valence-electron chi connectivity index (χ4n) is 1.77. The number of benzene rings is 1. The molecule has 1 heterocycles. The number of ether oxygens (including phenoxy) is 1. The first kappa shape index (κ1) is 16.9. The highest BCUT2D eigenvalue weighted by Gasteiger charge is 2.31. The molecule has 0 spiro atoms. The van der Waals surface area contributed by atoms with Gasteiger partial charge in [-0.15, -0.1) is 0 Å². The fourth-order valence-corrected chi connectivity index (χ4v) is 2.79. The molecule has 0 aromatic heterocycles. The van der Waals surface area contributed by atoms with Crippen molar-refractivity contribution in [1.82, 2.24) is 10.2 Å². The Morgan fingerprint density at radius 1 is 1.36 bits per heavy atom. The Morgan fingerprint density at radius 3 is 2.59 bits per heavy atom. The second-order valence-corrected chi connectivity index (χ2v) is 6.30. The molecule has 0 saturated carbocycles. The second-order valence-electron chi connectivity index (χ2n) is 4.33. The van der Waals surface area contributed by atoms with E-state index in [9.17, 15) is 14.7 Å². The number of carbonyl (C=O) groups excluding carboxylic acids is 2. The van der Waals surface area contributed by atoms with Crippen LogP contribution in [-0.4, -0.2) is 41.1 Å². The first-order chi connectivity index (χ1) is 10.3. The summed E-state index contributed by atoms with van der Waals surface area (Å²) in [5.41, 5.74) is 0.415. The van der Waals surface area contributed by atoms with Crippen LogP contribution in [0.25, 0.3) is 6.08 Å². The summed E-state index contributed by atoms with van der Waals surface area (Å²) in [4.78, 5) is 25.3. The summed E-state index contributed by atoms with van der Waals surface area (Å²) in [6.45, 7) is 0. The molecule has 0 atom stereocenters. The predicted molar refractivity (Wildman–Crippen MR) is 91.5 cm³/mol. The molecule has 9 heteroatoms. The zero-order valence-electron chi connectivity index (χ0n) is 11.4. The van der Waals surface area contributed by atoms with Gasteiger partial charge in [0.05, 0.1) is 11.6 Å². The number of hydrogen-bond acceptors (Lipinski definition) is 5. The van der Waals surface area contributed by atoms with Gasteiger partial charge in [-0.05, 0) is 61.8 Å². The van der Waals surface area contributed by atoms with Crippen LogP contribution >= 0.6 is 44.1 Å². The van der Waals surface area contributed by atoms with Crippen LogP contribution < -0.4 is 10.1 Å². The SMILES string of the molecule is COc1cc(/C=C2/C(=O)NC(=S)N(C)C2=O)c(Br)c(Br)c1O. The van der Waals surface area contributed by atoms with Crippen LogP contribution in [0.1, 0.15) is 5.56 Å². The third-order valence-electron chi connectivity index (χ3n) is 3.00. The van der Waals surface area contributed by atoms with Gasteiger partial charge in [-0.25, -0.2) is 0 Å². The summed E-state index contributed by atoms with van der Waals surface area (Å²) >= 11 is 11.4. The van der Waals surface area contributed by atoms with Crippen molar-refractivity contribution >= 4 is 67.1 Å². The van der Waals surface area contributed by atoms with E-state index in [4.69, 9.17) is 17.0 Å². The number of thiocarbonyl (C=S) groups is 1. The number of nitrogens with zero attached hydrogens (tertiary/aromatic N) is 1. The van der Waals surface area contributed by atoms with E-state index in [0.717, 1.165) is 0 Å². The summed E-state index contributed by atoms with van der Waals surface area (Å²) in [6.07, 6.45) is 1.40. The number of carbonyl (C=O) groups is 2. The lowest BCUT2D eigenvalue weighted by molar-refractivity contribution is -0.128. The highest BCUT2D eigenvalue weighted by molar-refractivity contribution is 9.13. The van der Waals surface area contributed by atoms with Crippen LogP contribution in [0.3, 0.4) is 0 Å². The van der Waals surface area contributed by atoms with Crippen molar-refractivity contribution in [3.05, 3.63) is 26.1 Å². The van der Waals surface area contributed by atoms with Crippen molar-refractivity contribution in [2.75, 3.05) is 14.2 Å². The van der Waals surface area contributed by atoms with Crippen LogP contribution in [-0.2, 0) is 9.59 Å². The molecule has 0 unspecified atom stereocenters. The van der Waals surface area contributed by atoms with Gasteiger partial charge in [-0.2, -0.15) is 0 Å². The largest absolute Gasteiger partial charge is 0.503 e. The van der Waals surface area contributed by atoms with Gasteiger partial charge in [-0.1, -0.05) is 0 Å². The lowest BCUT2D eigenvalue weighted by atomic mass is 10.1. The van der Waals surface area contributed by atoms with Crippen LogP contribution in [0.5, 0.6) is 11.5 Å². The second kappa shape index (κ2) is 6.35. The number of likely N-dealkylation sites (N-methyl/N-ethyl adjacent to an activating group) is 1. The molecule has 1 aliphatic rings. The lowest BCUT2D eigenvalue weighted by Crippen LogP contribution is -2.52. The van der Waals surface area contributed by atoms with Gasteiger partial charge < -0.3 is 9.84 Å². The van der Waals surface area contributed by atoms with Crippen molar-refractivity contribution in [2.24, 2.45) is 0 Å². The number of phenolic OH excluding ortho intramolecular Hbond substituents is 1. The van der Waals surface area contributed by atoms with E-state index >= 15 is 0 Å². The average molecular weight is 450 g/mol. The minimum atomic E-state index is -0.580. The number of amides is 2. The third-order valence-corrected chi connectivity index (χ3v) is 5.53. The van der Waals surface area contributed by atoms with E-state index in [0.29, 0.717) is 14.5 Å². The molecular weight excluding hydrogens is 440 g/mol. The van der Waals surface area contributed by atoms with E-state index < -0.39 is 11.8 Å². The van der Waals surface area contributed by atoms with Crippen molar-refractivity contribution in [2.45, 2.75) is 0 Å². The van der Waals surface area contributed by atoms with Gasteiger partial charge >= 0.3 is 0 Å². The average Bonchev–Trinajstić information content (AvgIpc) is 2.49. The number of methoxy groups -OCH3 is 1. The molecule has 1 aliphatic heterocycles. The van der Waals surface area contributed by atoms with Gasteiger partial charge in [0.15, 0.2) is 16.6 Å². The maximum Gasteiger partial charge on any atom is 0.265 e. The number of nitrogens with one attached hydrogen (secondary N) is 1. The Labute approximate surface area is 148 Å². The lowest BCUT2D eigenvalue weighted by Gasteiger charge is -2.25. The third kappa shape index (κ3) is 2.88. The first-order valence-electron chi connectivity index (χ1n) is 5.88. The smallest absolute Gasteiger partial charge is 0.265 e. The number of halogens is 2. The molecule has 1 aromatic carbocycles. The summed E-state index contributed by atoms with van der Waals surface area (Å²) in [7, 11) is 2.87. The molecular formula is C13H10Br2N2O4S. The predicted octanol–water partition coefficient (Wildman–Crippen LogP) is 2.18. The molecule has 0 bridgehead atoms. The highest BCUT2D eigenvalue weighted by atomic mass is 79.9. The Bertz CT molecular complexity index is 733. The molecule has 6 nitrogen and oxygen atoms in total. The van der Waals surface area contributed by atoms with Gasteiger partial charge in [0.25, 0.3) is 11.8 Å². The Morgan fingerprint density at radius 2 is 2.00 bits per heavy atom. The van der Waals surface area contributed by atoms with E-state index in [1.54, 1.807) is 0 Å². The molecule has 2 rings (SSSR count). The maximum atomic E-state index is 12.2. The topological polar surface area (TPSA) is 78.9 Å². The van der Waals surface area contributed by atoms with Crippen molar-refractivity contribution in [3.8, 4) is 11.5 Å². The standard InChI is InChI=1S/C13H10Br2N2O4S/c1-17-12(20)6(11(19)16-13(17)22)3-5-4-7(21-2)10(18)9(15)8(5)14/h3-4,18H,1-2H3,(H,16,19,22)/b6-3-. The Balaban J connectivity index is 2.58. The molecule has 0 aliphatic carbocycles. The Kier molecular flexibility index (Phi) is 4.88. The quantitative estimate of drug-likeness (QED) is 0.411. The molecule has 1 aromatic rings. The first-order valence-corrected chi connectivity index (χ1v) is 7.87. The molecule has 1 fully saturated rings. The van der Waals surface area contributed by atoms with Crippen LogP contribution in [0, 0.1) is 0 Å². The number of aromatic hydroxyl groups is 1. The fraction of sp³-hybridized carbons (Fsp3) is 0.154. The highest BCUT2D eigenvalue weighted by Crippen LogP contribution is 2.42. The summed E-state index contributed by atoms with van der Waals surface area (Å²) in [5, 5.41) is 12.4. The molecule has 116 valence electrons. The maximum absolute atomic E-state index is 12.2. The minimum absolute atomic E-state index is 0.0516. The zero-order chi connectivity index (χ0) is 16.6. The van der Waals surface area contributed by atoms with Gasteiger partial charge in [-0.3, -0.25) is 19.8 Å². The van der Waals surface area contributed by atoms with E-state index in [1.165, 1.54) is 31.2 Å². The minimum Gasteiger partial charge on any atom is -0.503 e. The molecule has 1 saturated heterocycles. The summed E-state index contributed by atoms with van der Waals surface area (Å²) < 4.78 is 5.89. The zero-order valence-corrected chi connectivity index (χ0v) is 15.4. The molecule has 2 N–H and O–H groups in total. The van der Waals surface area contributed by atoms with Crippen LogP contribution in [0.2, 0.25) is 0 Å². The van der Waals surface area contributed by atoms with E-state index in [2.05, 4.69) is 37.2 Å². The number of hydrogen-bond donors (Lipinski definition) is 2. The van der Waals surface area contributed by atoms with E-state index in [-0.39, 0.29) is 22.2 Å². The van der Waals surface area contributed by atoms with Crippen molar-refractivity contribution < 1.29 is 19.4 Å². The summed E-state index contributed by atoms with van der Waals surface area (Å²) in [5.74, 6) is -0.976. The molecule has 2 amide bonds. The van der Waals surface area contributed by atoms with Gasteiger partial charge in [0.1, 0.15) is 5.57 Å². The number of rotatable bonds is 2. The molecule has 22 heavy (non-hydrogen) atoms. The number of phenols is 1. The monoisotopic (exact) mass is 448 g/mol. The van der Waals surface area contributed by atoms with Gasteiger partial charge in [0, 0.05) is 11.5 Å². The van der Waals surface area contributed by atoms with Crippen molar-refractivity contribution in [1.29, 1.82) is 0 Å². The molecule has 0 radical (unpaired) electrons. The van der Waals surface area contributed by atoms with Crippen LogP contribution in [0.4, 0.5) is 0 Å². The van der Waals surface area contributed by atoms with Crippen molar-refractivity contribution in [3.63, 3.8) is 0 Å². The van der Waals surface area contributed by atoms with Gasteiger partial charge in [0.2, 0.25) is 0 Å². The van der Waals surface area contributed by atoms with Crippen LogP contribution in [0.15, 0.2) is 20.6 Å². The Hall–Kier alpha value is -1.45. The summed E-state index contributed by atoms with van der Waals surface area (Å²) in [6, 6.07) is 1.50.